The third-order valence-corrected chi connectivity index (χ3v) is 4.08. The quantitative estimate of drug-likeness (QED) is 0.826. The Morgan fingerprint density at radius 3 is 3.00 bits per heavy atom. The summed E-state index contributed by atoms with van der Waals surface area (Å²) in [5.74, 6) is 0.391. The van der Waals surface area contributed by atoms with E-state index in [1.807, 2.05) is 24.4 Å². The molecule has 104 valence electrons. The van der Waals surface area contributed by atoms with Gasteiger partial charge in [0.25, 0.3) is 0 Å². The molecule has 2 aromatic heterocycles. The van der Waals surface area contributed by atoms with Crippen molar-refractivity contribution in [2.45, 2.75) is 30.6 Å². The molecule has 6 heteroatoms. The molecule has 1 amide bonds. The van der Waals surface area contributed by atoms with Crippen LogP contribution in [0, 0.1) is 0 Å². The molecule has 0 unspecified atom stereocenters. The summed E-state index contributed by atoms with van der Waals surface area (Å²) in [4.78, 5) is 20.3. The topological polar surface area (TPSA) is 59.8 Å². The average Bonchev–Trinajstić information content (AvgIpc) is 3.22. The molecule has 0 saturated heterocycles. The highest BCUT2D eigenvalue weighted by atomic mass is 32.2. The predicted octanol–water partition coefficient (Wildman–Crippen LogP) is 2.02. The number of imidazole rings is 1. The molecule has 20 heavy (non-hydrogen) atoms. The van der Waals surface area contributed by atoms with Crippen LogP contribution in [-0.2, 0) is 11.3 Å². The van der Waals surface area contributed by atoms with Gasteiger partial charge in [-0.1, -0.05) is 17.8 Å². The van der Waals surface area contributed by atoms with Crippen LogP contribution in [0.3, 0.4) is 0 Å². The zero-order valence-electron chi connectivity index (χ0n) is 11.0. The van der Waals surface area contributed by atoms with Crippen LogP contribution in [0.15, 0.2) is 41.9 Å². The van der Waals surface area contributed by atoms with E-state index in [9.17, 15) is 4.79 Å². The summed E-state index contributed by atoms with van der Waals surface area (Å²) >= 11 is 1.48. The first-order valence-electron chi connectivity index (χ1n) is 6.65. The number of carbonyl (C=O) groups is 1. The van der Waals surface area contributed by atoms with Crippen LogP contribution in [-0.4, -0.2) is 26.2 Å². The third-order valence-electron chi connectivity index (χ3n) is 3.10. The van der Waals surface area contributed by atoms with Gasteiger partial charge in [-0.2, -0.15) is 0 Å². The summed E-state index contributed by atoms with van der Waals surface area (Å²) in [6.07, 6.45) is 7.95. The molecule has 1 fully saturated rings. The van der Waals surface area contributed by atoms with Crippen LogP contribution in [0.25, 0.3) is 0 Å². The number of hydrogen-bond donors (Lipinski definition) is 1. The second-order valence-electron chi connectivity index (χ2n) is 4.73. The second kappa shape index (κ2) is 6.09. The molecular formula is C14H16N4OS. The van der Waals surface area contributed by atoms with Crippen LogP contribution in [0.2, 0.25) is 0 Å². The van der Waals surface area contributed by atoms with Crippen LogP contribution in [0.1, 0.15) is 24.6 Å². The van der Waals surface area contributed by atoms with Gasteiger partial charge in [0.15, 0.2) is 5.16 Å². The van der Waals surface area contributed by atoms with Crippen LogP contribution >= 0.6 is 11.8 Å². The number of amides is 1. The van der Waals surface area contributed by atoms with E-state index in [-0.39, 0.29) is 5.91 Å². The summed E-state index contributed by atoms with van der Waals surface area (Å²) in [7, 11) is 0. The lowest BCUT2D eigenvalue weighted by Crippen LogP contribution is -2.25. The highest BCUT2D eigenvalue weighted by Crippen LogP contribution is 2.37. The van der Waals surface area contributed by atoms with Crippen molar-refractivity contribution in [1.82, 2.24) is 19.9 Å². The Labute approximate surface area is 121 Å². The molecule has 1 N–H and O–H groups in total. The highest BCUT2D eigenvalue weighted by molar-refractivity contribution is 7.99. The van der Waals surface area contributed by atoms with Crippen LogP contribution in [0.5, 0.6) is 0 Å². The standard InChI is InChI=1S/C14H16N4OS/c19-13(17-9-11-3-1-2-6-15-11)10-20-14-16-7-8-18(14)12-4-5-12/h1-3,6-8,12H,4-5,9-10H2,(H,17,19). The molecule has 5 nitrogen and oxygen atoms in total. The Morgan fingerprint density at radius 1 is 1.35 bits per heavy atom. The van der Waals surface area contributed by atoms with Gasteiger partial charge in [0.2, 0.25) is 5.91 Å². The van der Waals surface area contributed by atoms with E-state index in [1.165, 1.54) is 24.6 Å². The van der Waals surface area contributed by atoms with Gasteiger partial charge in [-0.15, -0.1) is 0 Å². The minimum absolute atomic E-state index is 0.00556. The van der Waals surface area contributed by atoms with Crippen molar-refractivity contribution in [3.05, 3.63) is 42.5 Å². The SMILES string of the molecule is O=C(CSc1nccn1C1CC1)NCc1ccccn1. The summed E-state index contributed by atoms with van der Waals surface area (Å²) in [5.41, 5.74) is 0.866. The van der Waals surface area contributed by atoms with Crippen molar-refractivity contribution in [1.29, 1.82) is 0 Å². The van der Waals surface area contributed by atoms with Gasteiger partial charge < -0.3 is 9.88 Å². The number of hydrogen-bond acceptors (Lipinski definition) is 4. The molecule has 3 rings (SSSR count). The summed E-state index contributed by atoms with van der Waals surface area (Å²) in [6.45, 7) is 0.470. The molecule has 1 saturated carbocycles. The fourth-order valence-corrected chi connectivity index (χ4v) is 2.77. The molecule has 0 spiro atoms. The van der Waals surface area contributed by atoms with Crippen molar-refractivity contribution < 1.29 is 4.79 Å². The Bertz CT molecular complexity index is 580. The van der Waals surface area contributed by atoms with Gasteiger partial charge in [-0.25, -0.2) is 4.98 Å². The molecule has 0 atom stereocenters. The molecule has 0 aliphatic heterocycles. The average molecular weight is 288 g/mol. The summed E-state index contributed by atoms with van der Waals surface area (Å²) < 4.78 is 2.16. The number of nitrogens with zero attached hydrogens (tertiary/aromatic N) is 3. The van der Waals surface area contributed by atoms with Crippen molar-refractivity contribution >= 4 is 17.7 Å². The lowest BCUT2D eigenvalue weighted by Gasteiger charge is -2.06. The smallest absolute Gasteiger partial charge is 0.230 e. The van der Waals surface area contributed by atoms with E-state index >= 15 is 0 Å². The maximum Gasteiger partial charge on any atom is 0.230 e. The molecular weight excluding hydrogens is 272 g/mol. The predicted molar refractivity (Wildman–Crippen MR) is 77.3 cm³/mol. The van der Waals surface area contributed by atoms with Gasteiger partial charge in [0.1, 0.15) is 0 Å². The third kappa shape index (κ3) is 3.39. The fraction of sp³-hybridized carbons (Fsp3) is 0.357. The molecule has 0 radical (unpaired) electrons. The largest absolute Gasteiger partial charge is 0.350 e. The first-order chi connectivity index (χ1) is 9.83. The lowest BCUT2D eigenvalue weighted by atomic mass is 10.3. The van der Waals surface area contributed by atoms with Crippen molar-refractivity contribution in [3.8, 4) is 0 Å². The van der Waals surface area contributed by atoms with Crippen LogP contribution < -0.4 is 5.32 Å². The Balaban J connectivity index is 1.46. The van der Waals surface area contributed by atoms with E-state index in [0.717, 1.165) is 10.9 Å². The number of rotatable bonds is 6. The maximum absolute atomic E-state index is 11.8. The number of nitrogens with one attached hydrogen (secondary N) is 1. The van der Waals surface area contributed by atoms with E-state index < -0.39 is 0 Å². The Hall–Kier alpha value is -1.82. The number of thioether (sulfide) groups is 1. The normalized spacial score (nSPS) is 14.2. The Kier molecular flexibility index (Phi) is 4.01. The van der Waals surface area contributed by atoms with E-state index in [2.05, 4.69) is 19.9 Å². The monoisotopic (exact) mass is 288 g/mol. The van der Waals surface area contributed by atoms with Crippen molar-refractivity contribution in [3.63, 3.8) is 0 Å². The molecule has 2 aromatic rings. The number of pyridine rings is 1. The lowest BCUT2D eigenvalue weighted by molar-refractivity contribution is -0.118. The van der Waals surface area contributed by atoms with Gasteiger partial charge in [-0.3, -0.25) is 9.78 Å². The second-order valence-corrected chi connectivity index (χ2v) is 5.68. The minimum atomic E-state index is 0.00556. The Morgan fingerprint density at radius 2 is 2.25 bits per heavy atom. The molecule has 1 aliphatic rings. The molecule has 0 aromatic carbocycles. The van der Waals surface area contributed by atoms with Crippen LogP contribution in [0.4, 0.5) is 0 Å². The molecule has 1 aliphatic carbocycles. The van der Waals surface area contributed by atoms with Gasteiger partial charge >= 0.3 is 0 Å². The summed E-state index contributed by atoms with van der Waals surface area (Å²) in [5, 5.41) is 3.80. The fourth-order valence-electron chi connectivity index (χ4n) is 1.91. The van der Waals surface area contributed by atoms with Gasteiger partial charge in [-0.05, 0) is 25.0 Å². The number of aromatic nitrogens is 3. The maximum atomic E-state index is 11.8. The van der Waals surface area contributed by atoms with E-state index in [1.54, 1.807) is 12.4 Å². The molecule has 0 bridgehead atoms. The minimum Gasteiger partial charge on any atom is -0.350 e. The van der Waals surface area contributed by atoms with Gasteiger partial charge in [0, 0.05) is 24.6 Å². The van der Waals surface area contributed by atoms with Gasteiger partial charge in [0.05, 0.1) is 18.0 Å². The van der Waals surface area contributed by atoms with E-state index in [0.29, 0.717) is 18.3 Å². The first kappa shape index (κ1) is 13.2. The molecule has 2 heterocycles. The summed E-state index contributed by atoms with van der Waals surface area (Å²) in [6, 6.07) is 6.26. The zero-order valence-corrected chi connectivity index (χ0v) is 11.8. The first-order valence-corrected chi connectivity index (χ1v) is 7.64. The van der Waals surface area contributed by atoms with Crippen molar-refractivity contribution in [2.75, 3.05) is 5.75 Å². The number of carbonyl (C=O) groups excluding carboxylic acids is 1. The van der Waals surface area contributed by atoms with E-state index in [4.69, 9.17) is 0 Å². The zero-order chi connectivity index (χ0) is 13.8. The van der Waals surface area contributed by atoms with Crippen molar-refractivity contribution in [2.24, 2.45) is 0 Å². The highest BCUT2D eigenvalue weighted by Gasteiger charge is 2.25.